The fourth-order valence-electron chi connectivity index (χ4n) is 5.29. The van der Waals surface area contributed by atoms with Crippen molar-refractivity contribution in [3.63, 3.8) is 0 Å². The zero-order chi connectivity index (χ0) is 24.5. The van der Waals surface area contributed by atoms with Crippen LogP contribution in [0.4, 0.5) is 0 Å². The molecule has 196 valence electrons. The molecule has 0 heterocycles. The van der Waals surface area contributed by atoms with E-state index in [1.807, 2.05) is 0 Å². The third-order valence-corrected chi connectivity index (χ3v) is 7.50. The molecule has 0 aliphatic heterocycles. The molecular formula is C27H53NO5. The van der Waals surface area contributed by atoms with Crippen molar-refractivity contribution in [2.75, 3.05) is 13.1 Å². The summed E-state index contributed by atoms with van der Waals surface area (Å²) < 4.78 is 0. The molecule has 0 spiro atoms. The molecule has 5 N–H and O–H groups in total. The minimum Gasteiger partial charge on any atom is -0.481 e. The summed E-state index contributed by atoms with van der Waals surface area (Å²) in [4.78, 5) is 11.7. The van der Waals surface area contributed by atoms with E-state index in [0.717, 1.165) is 77.3 Å². The number of carbonyl (C=O) groups is 1. The van der Waals surface area contributed by atoms with Crippen LogP contribution in [-0.2, 0) is 4.79 Å². The van der Waals surface area contributed by atoms with E-state index >= 15 is 0 Å². The minimum atomic E-state index is -0.940. The summed E-state index contributed by atoms with van der Waals surface area (Å²) in [6.07, 6.45) is 14.1. The van der Waals surface area contributed by atoms with Gasteiger partial charge in [0.15, 0.2) is 0 Å². The number of carboxylic acid groups (broad SMARTS) is 1. The molecule has 6 nitrogen and oxygen atoms in total. The summed E-state index contributed by atoms with van der Waals surface area (Å²) in [5.74, 6) is -1.24. The van der Waals surface area contributed by atoms with Crippen LogP contribution in [0.5, 0.6) is 0 Å². The van der Waals surface area contributed by atoms with Crippen molar-refractivity contribution in [3.8, 4) is 0 Å². The molecule has 5 unspecified atom stereocenters. The van der Waals surface area contributed by atoms with Crippen molar-refractivity contribution in [2.45, 2.75) is 141 Å². The Morgan fingerprint density at radius 2 is 1.55 bits per heavy atom. The number of aliphatic hydroxyl groups excluding tert-OH is 2. The van der Waals surface area contributed by atoms with Crippen LogP contribution in [0.3, 0.4) is 0 Å². The van der Waals surface area contributed by atoms with Gasteiger partial charge in [-0.25, -0.2) is 0 Å². The smallest absolute Gasteiger partial charge is 0.309 e. The molecular weight excluding hydrogens is 418 g/mol. The van der Waals surface area contributed by atoms with Gasteiger partial charge in [0.25, 0.3) is 0 Å². The molecule has 1 saturated carbocycles. The number of unbranched alkanes of at least 4 members (excludes halogenated alkanes) is 7. The molecule has 0 saturated heterocycles. The van der Waals surface area contributed by atoms with E-state index in [4.69, 9.17) is 0 Å². The lowest BCUT2D eigenvalue weighted by Gasteiger charge is -2.26. The predicted octanol–water partition coefficient (Wildman–Crippen LogP) is 5.03. The van der Waals surface area contributed by atoms with E-state index in [1.54, 1.807) is 0 Å². The maximum Gasteiger partial charge on any atom is 0.309 e. The van der Waals surface area contributed by atoms with E-state index in [9.17, 15) is 25.2 Å². The van der Waals surface area contributed by atoms with Gasteiger partial charge in [0, 0.05) is 0 Å². The van der Waals surface area contributed by atoms with Crippen LogP contribution in [0, 0.1) is 11.8 Å². The Hall–Kier alpha value is -0.690. The normalized spacial score (nSPS) is 23.5. The lowest BCUT2D eigenvalue weighted by atomic mass is 9.87. The number of carboxylic acids is 1. The number of rotatable bonds is 21. The second-order valence-electron chi connectivity index (χ2n) is 10.5. The third kappa shape index (κ3) is 13.7. The molecule has 5 atom stereocenters. The lowest BCUT2D eigenvalue weighted by molar-refractivity contribution is -0.146. The molecule has 1 aliphatic rings. The number of hydrogen-bond acceptors (Lipinski definition) is 5. The van der Waals surface area contributed by atoms with E-state index in [2.05, 4.69) is 19.2 Å². The van der Waals surface area contributed by atoms with Gasteiger partial charge in [-0.2, -0.15) is 0 Å². The average molecular weight is 472 g/mol. The fourth-order valence-corrected chi connectivity index (χ4v) is 5.29. The van der Waals surface area contributed by atoms with Crippen LogP contribution >= 0.6 is 0 Å². The minimum absolute atomic E-state index is 0.209. The number of aliphatic hydroxyl groups is 3. The van der Waals surface area contributed by atoms with Crippen LogP contribution in [-0.4, -0.2) is 57.3 Å². The van der Waals surface area contributed by atoms with Gasteiger partial charge in [-0.3, -0.25) is 4.79 Å². The Morgan fingerprint density at radius 3 is 2.12 bits per heavy atom. The Bertz CT molecular complexity index is 503. The first-order valence-electron chi connectivity index (χ1n) is 13.8. The van der Waals surface area contributed by atoms with Crippen molar-refractivity contribution in [1.29, 1.82) is 0 Å². The van der Waals surface area contributed by atoms with Gasteiger partial charge >= 0.3 is 5.97 Å². The molecule has 0 aromatic carbocycles. The Kier molecular flexibility index (Phi) is 16.3. The van der Waals surface area contributed by atoms with Crippen LogP contribution < -0.4 is 5.32 Å². The van der Waals surface area contributed by atoms with Gasteiger partial charge in [0.2, 0.25) is 0 Å². The molecule has 0 aromatic heterocycles. The van der Waals surface area contributed by atoms with Crippen LogP contribution in [0.15, 0.2) is 0 Å². The standard InChI is InChI=1S/C27H53NO5/c1-3-5-6-7-10-13-23(29)14-11-8-9-12-15-24(26(31)32)25(30)17-19-27(33)18-16-22(20-27)21-28-4-2/h22-25,28-30,33H,3-21H2,1-2H3,(H,31,32). The molecule has 6 heteroatoms. The van der Waals surface area contributed by atoms with Crippen molar-refractivity contribution >= 4 is 5.97 Å². The Labute approximate surface area is 202 Å². The first-order valence-corrected chi connectivity index (χ1v) is 13.8. The molecule has 1 aliphatic carbocycles. The molecule has 1 rings (SSSR count). The van der Waals surface area contributed by atoms with E-state index in [0.29, 0.717) is 25.2 Å². The first-order chi connectivity index (χ1) is 15.8. The van der Waals surface area contributed by atoms with Gasteiger partial charge < -0.3 is 25.7 Å². The first kappa shape index (κ1) is 30.3. The second kappa shape index (κ2) is 17.7. The SMILES string of the molecule is CCCCCCCC(O)CCCCCCC(C(=O)O)C(O)CCC1(O)CCC(CNCC)C1. The highest BCUT2D eigenvalue weighted by molar-refractivity contribution is 5.70. The van der Waals surface area contributed by atoms with E-state index < -0.39 is 23.6 Å². The highest BCUT2D eigenvalue weighted by atomic mass is 16.4. The second-order valence-corrected chi connectivity index (χ2v) is 10.5. The fraction of sp³-hybridized carbons (Fsp3) is 0.963. The van der Waals surface area contributed by atoms with Crippen LogP contribution in [0.25, 0.3) is 0 Å². The highest BCUT2D eigenvalue weighted by Gasteiger charge is 2.38. The topological polar surface area (TPSA) is 110 Å². The van der Waals surface area contributed by atoms with Gasteiger partial charge in [-0.15, -0.1) is 0 Å². The summed E-state index contributed by atoms with van der Waals surface area (Å²) in [6, 6.07) is 0. The molecule has 0 aromatic rings. The number of hydrogen-bond donors (Lipinski definition) is 5. The summed E-state index contributed by atoms with van der Waals surface area (Å²) in [6.45, 7) is 6.11. The maximum absolute atomic E-state index is 11.7. The zero-order valence-electron chi connectivity index (χ0n) is 21.4. The lowest BCUT2D eigenvalue weighted by Crippen LogP contribution is -2.33. The highest BCUT2D eigenvalue weighted by Crippen LogP contribution is 2.38. The predicted molar refractivity (Wildman–Crippen MR) is 134 cm³/mol. The summed E-state index contributed by atoms with van der Waals surface area (Å²) in [7, 11) is 0. The summed E-state index contributed by atoms with van der Waals surface area (Å²) in [5.41, 5.74) is -0.763. The van der Waals surface area contributed by atoms with Crippen LogP contribution in [0.2, 0.25) is 0 Å². The maximum atomic E-state index is 11.7. The number of aliphatic carboxylic acids is 1. The Morgan fingerprint density at radius 1 is 0.939 bits per heavy atom. The zero-order valence-corrected chi connectivity index (χ0v) is 21.4. The van der Waals surface area contributed by atoms with E-state index in [-0.39, 0.29) is 6.10 Å². The van der Waals surface area contributed by atoms with Gasteiger partial charge in [-0.05, 0) is 70.4 Å². The van der Waals surface area contributed by atoms with Crippen molar-refractivity contribution in [3.05, 3.63) is 0 Å². The molecule has 0 amide bonds. The van der Waals surface area contributed by atoms with Crippen molar-refractivity contribution in [2.24, 2.45) is 11.8 Å². The molecule has 0 radical (unpaired) electrons. The van der Waals surface area contributed by atoms with Crippen molar-refractivity contribution < 1.29 is 25.2 Å². The van der Waals surface area contributed by atoms with Crippen LogP contribution in [0.1, 0.15) is 123 Å². The summed E-state index contributed by atoms with van der Waals surface area (Å²) >= 11 is 0. The number of nitrogens with one attached hydrogen (secondary N) is 1. The Balaban J connectivity index is 2.19. The van der Waals surface area contributed by atoms with Crippen molar-refractivity contribution in [1.82, 2.24) is 5.32 Å². The van der Waals surface area contributed by atoms with Gasteiger partial charge in [0.05, 0.1) is 23.7 Å². The van der Waals surface area contributed by atoms with Gasteiger partial charge in [0.1, 0.15) is 0 Å². The molecule has 33 heavy (non-hydrogen) atoms. The third-order valence-electron chi connectivity index (χ3n) is 7.50. The molecule has 0 bridgehead atoms. The molecule has 1 fully saturated rings. The summed E-state index contributed by atoms with van der Waals surface area (Å²) in [5, 5.41) is 44.4. The largest absolute Gasteiger partial charge is 0.481 e. The van der Waals surface area contributed by atoms with Gasteiger partial charge in [-0.1, -0.05) is 71.6 Å². The quantitative estimate of drug-likeness (QED) is 0.150. The monoisotopic (exact) mass is 471 g/mol. The average Bonchev–Trinajstić information content (AvgIpc) is 3.16. The van der Waals surface area contributed by atoms with E-state index in [1.165, 1.54) is 25.7 Å².